The lowest BCUT2D eigenvalue weighted by molar-refractivity contribution is 0.578. The lowest BCUT2D eigenvalue weighted by Gasteiger charge is -1.99. The molecule has 1 aliphatic rings. The van der Waals surface area contributed by atoms with Gasteiger partial charge in [0.15, 0.2) is 0 Å². The molecule has 0 spiro atoms. The first-order valence-corrected chi connectivity index (χ1v) is 3.10. The highest BCUT2D eigenvalue weighted by molar-refractivity contribution is 4.70. The van der Waals surface area contributed by atoms with Gasteiger partial charge in [0.05, 0.1) is 0 Å². The van der Waals surface area contributed by atoms with Gasteiger partial charge in [-0.2, -0.15) is 0 Å². The van der Waals surface area contributed by atoms with E-state index < -0.39 is 0 Å². The van der Waals surface area contributed by atoms with Crippen molar-refractivity contribution in [3.8, 4) is 0 Å². The van der Waals surface area contributed by atoms with Crippen molar-refractivity contribution in [1.82, 2.24) is 5.32 Å². The van der Waals surface area contributed by atoms with Gasteiger partial charge in [-0.05, 0) is 19.3 Å². The molecule has 1 rings (SSSR count). The Balaban J connectivity index is 2.14. The molecule has 1 aliphatic heterocycles. The van der Waals surface area contributed by atoms with Crippen LogP contribution in [0.1, 0.15) is 26.2 Å². The summed E-state index contributed by atoms with van der Waals surface area (Å²) in [7, 11) is 0. The van der Waals surface area contributed by atoms with Crippen LogP contribution >= 0.6 is 0 Å². The van der Waals surface area contributed by atoms with E-state index in [4.69, 9.17) is 0 Å². The first-order chi connectivity index (χ1) is 3.43. The van der Waals surface area contributed by atoms with Crippen molar-refractivity contribution in [2.75, 3.05) is 6.54 Å². The van der Waals surface area contributed by atoms with Crippen LogP contribution < -0.4 is 5.32 Å². The van der Waals surface area contributed by atoms with Crippen LogP contribution in [0, 0.1) is 0 Å². The fraction of sp³-hybridized carbons (Fsp3) is 1.00. The van der Waals surface area contributed by atoms with Crippen molar-refractivity contribution >= 4 is 0 Å². The lowest BCUT2D eigenvalue weighted by atomic mass is 10.2. The fourth-order valence-electron chi connectivity index (χ4n) is 1.03. The molecule has 1 saturated heterocycles. The first kappa shape index (κ1) is 5.10. The van der Waals surface area contributed by atoms with E-state index in [2.05, 4.69) is 12.2 Å². The summed E-state index contributed by atoms with van der Waals surface area (Å²) in [5.41, 5.74) is 0. The SMILES string of the molecule is CC[C@H]1CCC[N]1. The van der Waals surface area contributed by atoms with Crippen molar-refractivity contribution in [3.05, 3.63) is 0 Å². The van der Waals surface area contributed by atoms with Crippen LogP contribution in [0.4, 0.5) is 0 Å². The molecular weight excluding hydrogens is 86.1 g/mol. The summed E-state index contributed by atoms with van der Waals surface area (Å²) in [4.78, 5) is 0. The average molecular weight is 98.2 g/mol. The van der Waals surface area contributed by atoms with Crippen LogP contribution in [-0.2, 0) is 0 Å². The molecule has 1 radical (unpaired) electrons. The van der Waals surface area contributed by atoms with Crippen LogP contribution in [0.25, 0.3) is 0 Å². The Morgan fingerprint density at radius 2 is 2.57 bits per heavy atom. The zero-order valence-electron chi connectivity index (χ0n) is 4.85. The molecule has 0 aromatic carbocycles. The molecule has 0 bridgehead atoms. The summed E-state index contributed by atoms with van der Waals surface area (Å²) in [5, 5.41) is 4.35. The average Bonchev–Trinajstić information content (AvgIpc) is 2.14. The van der Waals surface area contributed by atoms with E-state index in [-0.39, 0.29) is 0 Å². The standard InChI is InChI=1S/C6H12N/c1-2-6-4-3-5-7-6/h6H,2-5H2,1H3/t6-/m0/s1. The Labute approximate surface area is 45.1 Å². The summed E-state index contributed by atoms with van der Waals surface area (Å²) in [6, 6.07) is 0.722. The minimum absolute atomic E-state index is 0.722. The van der Waals surface area contributed by atoms with Crippen molar-refractivity contribution in [1.29, 1.82) is 0 Å². The zero-order chi connectivity index (χ0) is 5.11. The third-order valence-corrected chi connectivity index (χ3v) is 1.55. The van der Waals surface area contributed by atoms with Gasteiger partial charge in [0.25, 0.3) is 0 Å². The van der Waals surface area contributed by atoms with E-state index in [1.54, 1.807) is 0 Å². The summed E-state index contributed by atoms with van der Waals surface area (Å²) in [5.74, 6) is 0. The smallest absolute Gasteiger partial charge is 0.0243 e. The zero-order valence-corrected chi connectivity index (χ0v) is 4.85. The molecule has 1 heterocycles. The van der Waals surface area contributed by atoms with Gasteiger partial charge in [0.2, 0.25) is 0 Å². The maximum Gasteiger partial charge on any atom is 0.0243 e. The van der Waals surface area contributed by atoms with Gasteiger partial charge < -0.3 is 0 Å². The van der Waals surface area contributed by atoms with Gasteiger partial charge in [-0.15, -0.1) is 0 Å². The van der Waals surface area contributed by atoms with E-state index >= 15 is 0 Å². The topological polar surface area (TPSA) is 14.1 Å². The molecule has 0 saturated carbocycles. The molecule has 1 atom stereocenters. The largest absolute Gasteiger partial charge is 0.238 e. The maximum absolute atomic E-state index is 4.35. The second-order valence-corrected chi connectivity index (χ2v) is 2.11. The van der Waals surface area contributed by atoms with Crippen LogP contribution in [0.5, 0.6) is 0 Å². The predicted octanol–water partition coefficient (Wildman–Crippen LogP) is 1.16. The molecule has 0 aromatic rings. The Morgan fingerprint density at radius 1 is 1.71 bits per heavy atom. The third-order valence-electron chi connectivity index (χ3n) is 1.55. The van der Waals surface area contributed by atoms with E-state index in [1.807, 2.05) is 0 Å². The third kappa shape index (κ3) is 1.16. The molecule has 0 unspecified atom stereocenters. The van der Waals surface area contributed by atoms with Crippen molar-refractivity contribution in [3.63, 3.8) is 0 Å². The number of nitrogens with zero attached hydrogens (tertiary/aromatic N) is 1. The van der Waals surface area contributed by atoms with Crippen LogP contribution in [0.3, 0.4) is 0 Å². The van der Waals surface area contributed by atoms with E-state index in [9.17, 15) is 0 Å². The van der Waals surface area contributed by atoms with Gasteiger partial charge >= 0.3 is 0 Å². The van der Waals surface area contributed by atoms with Crippen molar-refractivity contribution < 1.29 is 0 Å². The quantitative estimate of drug-likeness (QED) is 0.467. The van der Waals surface area contributed by atoms with E-state index in [1.165, 1.54) is 19.3 Å². The number of rotatable bonds is 1. The highest BCUT2D eigenvalue weighted by Crippen LogP contribution is 2.08. The van der Waals surface area contributed by atoms with Gasteiger partial charge in [-0.25, -0.2) is 5.32 Å². The minimum Gasteiger partial charge on any atom is -0.238 e. The van der Waals surface area contributed by atoms with Gasteiger partial charge in [-0.3, -0.25) is 0 Å². The number of hydrogen-bond donors (Lipinski definition) is 0. The van der Waals surface area contributed by atoms with Crippen molar-refractivity contribution in [2.45, 2.75) is 32.2 Å². The molecule has 41 valence electrons. The Bertz CT molecular complexity index is 46.1. The summed E-state index contributed by atoms with van der Waals surface area (Å²) in [6.45, 7) is 3.33. The summed E-state index contributed by atoms with van der Waals surface area (Å²) < 4.78 is 0. The second kappa shape index (κ2) is 2.31. The highest BCUT2D eigenvalue weighted by Gasteiger charge is 2.11. The Morgan fingerprint density at radius 3 is 2.86 bits per heavy atom. The molecule has 1 fully saturated rings. The molecule has 1 nitrogen and oxygen atoms in total. The molecule has 0 aromatic heterocycles. The summed E-state index contributed by atoms with van der Waals surface area (Å²) in [6.07, 6.45) is 3.93. The maximum atomic E-state index is 4.35. The Kier molecular flexibility index (Phi) is 1.69. The van der Waals surface area contributed by atoms with Crippen LogP contribution in [0.15, 0.2) is 0 Å². The van der Waals surface area contributed by atoms with E-state index in [0.29, 0.717) is 0 Å². The van der Waals surface area contributed by atoms with Gasteiger partial charge in [0, 0.05) is 12.6 Å². The monoisotopic (exact) mass is 98.1 g/mol. The van der Waals surface area contributed by atoms with Gasteiger partial charge in [-0.1, -0.05) is 6.92 Å². The molecule has 7 heavy (non-hydrogen) atoms. The molecular formula is C6H12N. The van der Waals surface area contributed by atoms with Crippen LogP contribution in [0.2, 0.25) is 0 Å². The molecule has 0 N–H and O–H groups in total. The minimum atomic E-state index is 0.722. The predicted molar refractivity (Wildman–Crippen MR) is 30.3 cm³/mol. The Hall–Kier alpha value is -0.0400. The van der Waals surface area contributed by atoms with Crippen LogP contribution in [-0.4, -0.2) is 12.6 Å². The molecule has 1 heteroatoms. The van der Waals surface area contributed by atoms with E-state index in [0.717, 1.165) is 12.6 Å². The fourth-order valence-corrected chi connectivity index (χ4v) is 1.03. The van der Waals surface area contributed by atoms with Gasteiger partial charge in [0.1, 0.15) is 0 Å². The lowest BCUT2D eigenvalue weighted by Crippen LogP contribution is -2.11. The molecule has 0 aliphatic carbocycles. The van der Waals surface area contributed by atoms with Crippen molar-refractivity contribution in [2.24, 2.45) is 0 Å². The normalized spacial score (nSPS) is 31.3. The summed E-state index contributed by atoms with van der Waals surface area (Å²) >= 11 is 0. The molecule has 0 amide bonds. The highest BCUT2D eigenvalue weighted by atomic mass is 14.9. The first-order valence-electron chi connectivity index (χ1n) is 3.10. The number of hydrogen-bond acceptors (Lipinski definition) is 0. The second-order valence-electron chi connectivity index (χ2n) is 2.11.